The van der Waals surface area contributed by atoms with Crippen LogP contribution >= 0.6 is 11.6 Å². The zero-order valence-corrected chi connectivity index (χ0v) is 17.0. The van der Waals surface area contributed by atoms with E-state index < -0.39 is 0 Å². The van der Waals surface area contributed by atoms with Gasteiger partial charge in [0.05, 0.1) is 18.7 Å². The normalized spacial score (nSPS) is 14.2. The predicted octanol–water partition coefficient (Wildman–Crippen LogP) is 3.16. The van der Waals surface area contributed by atoms with Gasteiger partial charge in [0.25, 0.3) is 11.8 Å². The number of aryl methyl sites for hydroxylation is 2. The minimum absolute atomic E-state index is 0.0994. The monoisotopic (exact) mass is 398 g/mol. The quantitative estimate of drug-likeness (QED) is 0.759. The molecule has 2 aromatic rings. The van der Waals surface area contributed by atoms with Crippen molar-refractivity contribution in [1.82, 2.24) is 9.80 Å². The Kier molecular flexibility index (Phi) is 5.87. The molecule has 0 aromatic heterocycles. The Morgan fingerprint density at radius 3 is 2.43 bits per heavy atom. The number of aliphatic hydroxyl groups is 1. The van der Waals surface area contributed by atoms with Crippen LogP contribution in [0.25, 0.3) is 5.57 Å². The lowest BCUT2D eigenvalue weighted by atomic mass is 9.97. The number of imide groups is 1. The number of rotatable bonds is 6. The Bertz CT molecular complexity index is 968. The molecule has 28 heavy (non-hydrogen) atoms. The van der Waals surface area contributed by atoms with Gasteiger partial charge in [0, 0.05) is 18.6 Å². The number of carbonyl (C=O) groups excluding carboxylic acids is 2. The number of amides is 2. The van der Waals surface area contributed by atoms with E-state index in [1.807, 2.05) is 38.1 Å². The van der Waals surface area contributed by atoms with E-state index >= 15 is 0 Å². The van der Waals surface area contributed by atoms with E-state index in [1.54, 1.807) is 30.1 Å². The third-order valence-electron chi connectivity index (χ3n) is 4.90. The summed E-state index contributed by atoms with van der Waals surface area (Å²) in [5.41, 5.74) is 4.10. The van der Waals surface area contributed by atoms with E-state index in [-0.39, 0.29) is 31.5 Å². The zero-order chi connectivity index (χ0) is 20.4. The van der Waals surface area contributed by atoms with Crippen molar-refractivity contribution in [3.8, 4) is 0 Å². The van der Waals surface area contributed by atoms with Crippen molar-refractivity contribution in [2.45, 2.75) is 20.4 Å². The molecule has 1 aliphatic heterocycles. The lowest BCUT2D eigenvalue weighted by Gasteiger charge is -2.20. The highest BCUT2D eigenvalue weighted by atomic mass is 35.5. The van der Waals surface area contributed by atoms with Gasteiger partial charge in [-0.15, -0.1) is 0 Å². The second-order valence-corrected chi connectivity index (χ2v) is 7.38. The van der Waals surface area contributed by atoms with Crippen molar-refractivity contribution in [3.63, 3.8) is 0 Å². The number of benzene rings is 2. The van der Waals surface area contributed by atoms with Crippen LogP contribution in [0.15, 0.2) is 48.2 Å². The maximum Gasteiger partial charge on any atom is 0.278 e. The number of hydrogen-bond donors (Lipinski definition) is 1. The summed E-state index contributed by atoms with van der Waals surface area (Å²) in [5.74, 6) is -0.729. The van der Waals surface area contributed by atoms with E-state index in [1.165, 1.54) is 4.90 Å². The van der Waals surface area contributed by atoms with Gasteiger partial charge in [-0.05, 0) is 36.6 Å². The van der Waals surface area contributed by atoms with Gasteiger partial charge in [-0.3, -0.25) is 14.5 Å². The molecule has 0 fully saturated rings. The van der Waals surface area contributed by atoms with Gasteiger partial charge in [-0.25, -0.2) is 0 Å². The Morgan fingerprint density at radius 1 is 1.07 bits per heavy atom. The smallest absolute Gasteiger partial charge is 0.278 e. The fourth-order valence-corrected chi connectivity index (χ4v) is 3.65. The molecule has 1 heterocycles. The molecule has 2 amide bonds. The third-order valence-corrected chi connectivity index (χ3v) is 5.27. The molecule has 146 valence electrons. The highest BCUT2D eigenvalue weighted by Crippen LogP contribution is 2.34. The minimum atomic E-state index is -0.379. The van der Waals surface area contributed by atoms with Gasteiger partial charge in [-0.1, -0.05) is 53.6 Å². The first-order valence-corrected chi connectivity index (χ1v) is 9.46. The van der Waals surface area contributed by atoms with E-state index in [9.17, 15) is 14.7 Å². The summed E-state index contributed by atoms with van der Waals surface area (Å²) in [6.07, 6.45) is 0. The molecule has 0 atom stereocenters. The van der Waals surface area contributed by atoms with Gasteiger partial charge in [0.1, 0.15) is 5.70 Å². The van der Waals surface area contributed by atoms with Crippen LogP contribution in [0, 0.1) is 13.8 Å². The number of hydrogen-bond acceptors (Lipinski definition) is 4. The first kappa shape index (κ1) is 20.1. The first-order valence-electron chi connectivity index (χ1n) is 9.08. The van der Waals surface area contributed by atoms with Gasteiger partial charge < -0.3 is 10.0 Å². The van der Waals surface area contributed by atoms with Crippen LogP contribution in [0.5, 0.6) is 0 Å². The Hall–Kier alpha value is -2.63. The Labute approximate surface area is 169 Å². The summed E-state index contributed by atoms with van der Waals surface area (Å²) < 4.78 is 0. The molecule has 5 nitrogen and oxygen atoms in total. The lowest BCUT2D eigenvalue weighted by molar-refractivity contribution is -0.138. The molecule has 0 saturated heterocycles. The number of likely N-dealkylation sites (N-methyl/N-ethyl adjacent to an activating group) is 1. The second kappa shape index (κ2) is 8.17. The minimum Gasteiger partial charge on any atom is -0.395 e. The molecule has 0 saturated carbocycles. The van der Waals surface area contributed by atoms with Crippen molar-refractivity contribution in [2.75, 3.05) is 20.2 Å². The topological polar surface area (TPSA) is 60.9 Å². The molecule has 0 bridgehead atoms. The second-order valence-electron chi connectivity index (χ2n) is 6.98. The number of nitrogens with zero attached hydrogens (tertiary/aromatic N) is 2. The average molecular weight is 399 g/mol. The first-order chi connectivity index (χ1) is 13.3. The van der Waals surface area contributed by atoms with Crippen molar-refractivity contribution in [3.05, 3.63) is 75.4 Å². The van der Waals surface area contributed by atoms with Gasteiger partial charge in [0.2, 0.25) is 0 Å². The average Bonchev–Trinajstić information content (AvgIpc) is 2.88. The predicted molar refractivity (Wildman–Crippen MR) is 110 cm³/mol. The molecule has 0 spiro atoms. The largest absolute Gasteiger partial charge is 0.395 e. The molecule has 2 aromatic carbocycles. The summed E-state index contributed by atoms with van der Waals surface area (Å²) in [6, 6.07) is 12.9. The van der Waals surface area contributed by atoms with Crippen LogP contribution in [-0.2, 0) is 16.1 Å². The Balaban J connectivity index is 2.08. The van der Waals surface area contributed by atoms with Crippen LogP contribution in [-0.4, -0.2) is 46.9 Å². The number of carbonyl (C=O) groups is 2. The Morgan fingerprint density at radius 2 is 1.79 bits per heavy atom. The fraction of sp³-hybridized carbons (Fsp3) is 0.273. The van der Waals surface area contributed by atoms with Crippen LogP contribution < -0.4 is 0 Å². The SMILES string of the molecule is Cc1ccc(C2=C(N(C)CCO)C(=O)N(Cc3ccccc3Cl)C2=O)c(C)c1. The highest BCUT2D eigenvalue weighted by molar-refractivity contribution is 6.36. The van der Waals surface area contributed by atoms with Crippen molar-refractivity contribution >= 4 is 29.0 Å². The summed E-state index contributed by atoms with van der Waals surface area (Å²) in [6.45, 7) is 4.14. The third kappa shape index (κ3) is 3.68. The summed E-state index contributed by atoms with van der Waals surface area (Å²) in [5, 5.41) is 9.85. The van der Waals surface area contributed by atoms with Crippen LogP contribution in [0.2, 0.25) is 5.02 Å². The van der Waals surface area contributed by atoms with E-state index in [0.29, 0.717) is 21.9 Å². The molecular weight excluding hydrogens is 376 g/mol. The maximum atomic E-state index is 13.3. The summed E-state index contributed by atoms with van der Waals surface area (Å²) >= 11 is 6.24. The molecule has 1 aliphatic rings. The van der Waals surface area contributed by atoms with Crippen molar-refractivity contribution in [1.29, 1.82) is 0 Å². The molecule has 6 heteroatoms. The maximum absolute atomic E-state index is 13.3. The fourth-order valence-electron chi connectivity index (χ4n) is 3.46. The molecule has 0 aliphatic carbocycles. The van der Waals surface area contributed by atoms with E-state index in [4.69, 9.17) is 11.6 Å². The van der Waals surface area contributed by atoms with Crippen molar-refractivity contribution < 1.29 is 14.7 Å². The summed E-state index contributed by atoms with van der Waals surface area (Å²) in [7, 11) is 1.71. The molecule has 0 radical (unpaired) electrons. The van der Waals surface area contributed by atoms with E-state index in [2.05, 4.69) is 0 Å². The molecule has 1 N–H and O–H groups in total. The number of aliphatic hydroxyl groups excluding tert-OH is 1. The van der Waals surface area contributed by atoms with Gasteiger partial charge in [0.15, 0.2) is 0 Å². The molecule has 3 rings (SSSR count). The number of halogens is 1. The van der Waals surface area contributed by atoms with Crippen LogP contribution in [0.3, 0.4) is 0 Å². The standard InChI is InChI=1S/C22H23ClN2O3/c1-14-8-9-17(15(2)12-14)19-20(24(3)10-11-26)22(28)25(21(19)27)13-16-6-4-5-7-18(16)23/h4-9,12,26H,10-11,13H2,1-3H3. The van der Waals surface area contributed by atoms with Crippen LogP contribution in [0.4, 0.5) is 0 Å². The van der Waals surface area contributed by atoms with Gasteiger partial charge >= 0.3 is 0 Å². The van der Waals surface area contributed by atoms with Gasteiger partial charge in [-0.2, -0.15) is 0 Å². The molecule has 0 unspecified atom stereocenters. The lowest BCUT2D eigenvalue weighted by Crippen LogP contribution is -2.34. The van der Waals surface area contributed by atoms with Crippen LogP contribution in [0.1, 0.15) is 22.3 Å². The van der Waals surface area contributed by atoms with E-state index in [0.717, 1.165) is 16.7 Å². The van der Waals surface area contributed by atoms with Crippen molar-refractivity contribution in [2.24, 2.45) is 0 Å². The summed E-state index contributed by atoms with van der Waals surface area (Å²) in [4.78, 5) is 29.4. The molecular formula is C22H23ClN2O3. The zero-order valence-electron chi connectivity index (χ0n) is 16.2. The highest BCUT2D eigenvalue weighted by Gasteiger charge is 2.41.